The molecule has 13 heavy (non-hydrogen) atoms. The van der Waals surface area contributed by atoms with Crippen LogP contribution in [-0.2, 0) is 14.3 Å². The zero-order valence-electron chi connectivity index (χ0n) is 8.42. The van der Waals surface area contributed by atoms with Gasteiger partial charge in [0.15, 0.2) is 0 Å². The second kappa shape index (κ2) is 4.07. The summed E-state index contributed by atoms with van der Waals surface area (Å²) in [7, 11) is 0. The Hall–Kier alpha value is -0.610. The zero-order chi connectivity index (χ0) is 9.90. The summed E-state index contributed by atoms with van der Waals surface area (Å²) in [6.07, 6.45) is 0. The minimum atomic E-state index is -0.256. The summed E-state index contributed by atoms with van der Waals surface area (Å²) in [5.41, 5.74) is -0.256. The molecule has 1 rings (SSSR count). The first kappa shape index (κ1) is 10.5. The van der Waals surface area contributed by atoms with Crippen LogP contribution in [0.5, 0.6) is 0 Å². The molecule has 1 N–H and O–H groups in total. The van der Waals surface area contributed by atoms with Crippen molar-refractivity contribution in [1.82, 2.24) is 5.32 Å². The van der Waals surface area contributed by atoms with Gasteiger partial charge in [-0.1, -0.05) is 0 Å². The number of ether oxygens (including phenoxy) is 2. The van der Waals surface area contributed by atoms with Crippen LogP contribution < -0.4 is 5.32 Å². The van der Waals surface area contributed by atoms with Crippen LogP contribution in [0.2, 0.25) is 0 Å². The van der Waals surface area contributed by atoms with Crippen molar-refractivity contribution in [2.75, 3.05) is 19.8 Å². The van der Waals surface area contributed by atoms with E-state index in [0.29, 0.717) is 13.2 Å². The quantitative estimate of drug-likeness (QED) is 0.692. The molecule has 1 amide bonds. The second-order valence-corrected chi connectivity index (χ2v) is 4.20. The molecule has 0 bridgehead atoms. The maximum absolute atomic E-state index is 11.2. The molecule has 76 valence electrons. The van der Waals surface area contributed by atoms with E-state index in [4.69, 9.17) is 9.47 Å². The first-order chi connectivity index (χ1) is 5.97. The van der Waals surface area contributed by atoms with Gasteiger partial charge in [-0.3, -0.25) is 4.79 Å². The predicted octanol–water partition coefficient (Wildman–Crippen LogP) is 0.316. The minimum Gasteiger partial charge on any atom is -0.377 e. The fraction of sp³-hybridized carbons (Fsp3) is 0.889. The molecule has 0 atom stereocenters. The Bertz CT molecular complexity index is 182. The van der Waals surface area contributed by atoms with Gasteiger partial charge in [-0.2, -0.15) is 0 Å². The van der Waals surface area contributed by atoms with Gasteiger partial charge in [-0.25, -0.2) is 0 Å². The fourth-order valence-electron chi connectivity index (χ4n) is 0.870. The van der Waals surface area contributed by atoms with Crippen LogP contribution in [-0.4, -0.2) is 37.4 Å². The summed E-state index contributed by atoms with van der Waals surface area (Å²) < 4.78 is 10.2. The highest BCUT2D eigenvalue weighted by Gasteiger charge is 2.21. The zero-order valence-corrected chi connectivity index (χ0v) is 8.42. The smallest absolute Gasteiger partial charge is 0.246 e. The summed E-state index contributed by atoms with van der Waals surface area (Å²) in [5.74, 6) is -0.0665. The van der Waals surface area contributed by atoms with Gasteiger partial charge in [0.05, 0.1) is 24.9 Å². The molecule has 1 heterocycles. The highest BCUT2D eigenvalue weighted by atomic mass is 16.5. The number of rotatable bonds is 3. The number of carbonyl (C=O) groups excluding carboxylic acids is 1. The van der Waals surface area contributed by atoms with Crippen LogP contribution in [0.4, 0.5) is 0 Å². The van der Waals surface area contributed by atoms with Gasteiger partial charge >= 0.3 is 0 Å². The summed E-state index contributed by atoms with van der Waals surface area (Å²) in [5, 5.41) is 2.80. The lowest BCUT2D eigenvalue weighted by molar-refractivity contribution is -0.134. The molecule has 0 aromatic rings. The number of amides is 1. The van der Waals surface area contributed by atoms with Gasteiger partial charge in [-0.15, -0.1) is 0 Å². The molecule has 0 aliphatic carbocycles. The highest BCUT2D eigenvalue weighted by Crippen LogP contribution is 2.06. The highest BCUT2D eigenvalue weighted by molar-refractivity contribution is 5.77. The lowest BCUT2D eigenvalue weighted by Gasteiger charge is -2.27. The van der Waals surface area contributed by atoms with E-state index in [1.807, 2.05) is 20.8 Å². The Morgan fingerprint density at radius 3 is 2.54 bits per heavy atom. The lowest BCUT2D eigenvalue weighted by Crippen LogP contribution is -2.50. The average Bonchev–Trinajstić information content (AvgIpc) is 1.91. The van der Waals surface area contributed by atoms with E-state index in [9.17, 15) is 4.79 Å². The molecule has 0 radical (unpaired) electrons. The van der Waals surface area contributed by atoms with Gasteiger partial charge in [0.25, 0.3) is 0 Å². The molecule has 1 fully saturated rings. The van der Waals surface area contributed by atoms with Gasteiger partial charge in [0, 0.05) is 0 Å². The van der Waals surface area contributed by atoms with Crippen molar-refractivity contribution in [1.29, 1.82) is 0 Å². The van der Waals surface area contributed by atoms with Crippen molar-refractivity contribution in [3.05, 3.63) is 0 Å². The van der Waals surface area contributed by atoms with Crippen molar-refractivity contribution in [3.8, 4) is 0 Å². The van der Waals surface area contributed by atoms with Crippen molar-refractivity contribution in [3.63, 3.8) is 0 Å². The first-order valence-corrected chi connectivity index (χ1v) is 4.48. The topological polar surface area (TPSA) is 47.6 Å². The monoisotopic (exact) mass is 187 g/mol. The van der Waals surface area contributed by atoms with E-state index >= 15 is 0 Å². The normalized spacial score (nSPS) is 18.1. The largest absolute Gasteiger partial charge is 0.377 e. The molecule has 4 heteroatoms. The van der Waals surface area contributed by atoms with Gasteiger partial charge < -0.3 is 14.8 Å². The Morgan fingerprint density at radius 1 is 1.54 bits per heavy atom. The molecule has 0 aromatic carbocycles. The van der Waals surface area contributed by atoms with Crippen LogP contribution in [0.1, 0.15) is 20.8 Å². The minimum absolute atomic E-state index is 0.0665. The summed E-state index contributed by atoms with van der Waals surface area (Å²) >= 11 is 0. The van der Waals surface area contributed by atoms with Crippen molar-refractivity contribution >= 4 is 5.91 Å². The summed E-state index contributed by atoms with van der Waals surface area (Å²) in [6.45, 7) is 7.15. The van der Waals surface area contributed by atoms with E-state index in [0.717, 1.165) is 0 Å². The first-order valence-electron chi connectivity index (χ1n) is 4.48. The molecule has 1 saturated heterocycles. The molecule has 4 nitrogen and oxygen atoms in total. The molecular formula is C9H17NO3. The Kier molecular flexibility index (Phi) is 3.27. The third kappa shape index (κ3) is 4.24. The SMILES string of the molecule is CC(C)(C)OCC(=O)NC1COC1. The molecule has 0 spiro atoms. The number of nitrogens with one attached hydrogen (secondary N) is 1. The summed E-state index contributed by atoms with van der Waals surface area (Å²) in [4.78, 5) is 11.2. The van der Waals surface area contributed by atoms with Crippen LogP contribution in [0.3, 0.4) is 0 Å². The van der Waals surface area contributed by atoms with Gasteiger partial charge in [-0.05, 0) is 20.8 Å². The Morgan fingerprint density at radius 2 is 2.15 bits per heavy atom. The van der Waals surface area contributed by atoms with Crippen molar-refractivity contribution in [2.45, 2.75) is 32.4 Å². The molecule has 0 unspecified atom stereocenters. The number of hydrogen-bond donors (Lipinski definition) is 1. The lowest BCUT2D eigenvalue weighted by atomic mass is 10.2. The van der Waals surface area contributed by atoms with Crippen molar-refractivity contribution < 1.29 is 14.3 Å². The van der Waals surface area contributed by atoms with Crippen LogP contribution in [0.25, 0.3) is 0 Å². The van der Waals surface area contributed by atoms with Crippen LogP contribution >= 0.6 is 0 Å². The maximum Gasteiger partial charge on any atom is 0.246 e. The average molecular weight is 187 g/mol. The standard InChI is InChI=1S/C9H17NO3/c1-9(2,3)13-6-8(11)10-7-4-12-5-7/h7H,4-6H2,1-3H3,(H,10,11). The fourth-order valence-corrected chi connectivity index (χ4v) is 0.870. The number of carbonyl (C=O) groups is 1. The Labute approximate surface area is 78.6 Å². The van der Waals surface area contributed by atoms with Crippen LogP contribution in [0, 0.1) is 0 Å². The van der Waals surface area contributed by atoms with E-state index in [1.54, 1.807) is 0 Å². The molecule has 1 aliphatic rings. The Balaban J connectivity index is 2.10. The van der Waals surface area contributed by atoms with E-state index in [-0.39, 0.29) is 24.2 Å². The second-order valence-electron chi connectivity index (χ2n) is 4.20. The molecule has 0 saturated carbocycles. The molecule has 0 aromatic heterocycles. The predicted molar refractivity (Wildman–Crippen MR) is 48.5 cm³/mol. The van der Waals surface area contributed by atoms with Crippen LogP contribution in [0.15, 0.2) is 0 Å². The maximum atomic E-state index is 11.2. The van der Waals surface area contributed by atoms with Crippen molar-refractivity contribution in [2.24, 2.45) is 0 Å². The molecular weight excluding hydrogens is 170 g/mol. The van der Waals surface area contributed by atoms with E-state index in [1.165, 1.54) is 0 Å². The van der Waals surface area contributed by atoms with Gasteiger partial charge in [0.2, 0.25) is 5.91 Å². The van der Waals surface area contributed by atoms with E-state index in [2.05, 4.69) is 5.32 Å². The van der Waals surface area contributed by atoms with E-state index < -0.39 is 0 Å². The summed E-state index contributed by atoms with van der Waals surface area (Å²) in [6, 6.07) is 0.191. The van der Waals surface area contributed by atoms with Gasteiger partial charge in [0.1, 0.15) is 6.61 Å². The molecule has 1 aliphatic heterocycles. The third-order valence-electron chi connectivity index (χ3n) is 1.64. The number of hydrogen-bond acceptors (Lipinski definition) is 3. The third-order valence-corrected chi connectivity index (χ3v) is 1.64.